The molecular formula is C23H16N2. The lowest BCUT2D eigenvalue weighted by Crippen LogP contribution is -1.96. The number of aliphatic imine (C=N–C) groups is 1. The molecule has 25 heavy (non-hydrogen) atoms. The lowest BCUT2D eigenvalue weighted by molar-refractivity contribution is 1.28. The minimum Gasteiger partial charge on any atom is -0.255 e. The maximum atomic E-state index is 4.89. The summed E-state index contributed by atoms with van der Waals surface area (Å²) < 4.78 is 0. The van der Waals surface area contributed by atoms with Crippen molar-refractivity contribution in [3.63, 3.8) is 0 Å². The number of pyridine rings is 1. The first-order valence-electron chi connectivity index (χ1n) is 8.44. The van der Waals surface area contributed by atoms with Crippen LogP contribution in [-0.2, 0) is 0 Å². The van der Waals surface area contributed by atoms with Crippen LogP contribution in [0.25, 0.3) is 32.3 Å². The van der Waals surface area contributed by atoms with Gasteiger partial charge in [-0.05, 0) is 52.1 Å². The molecule has 0 N–H and O–H groups in total. The van der Waals surface area contributed by atoms with Gasteiger partial charge in [-0.15, -0.1) is 0 Å². The SMILES string of the molecule is CC(=Nc1ccc2ccc3cccc4ccc1c2c34)c1ccccn1. The van der Waals surface area contributed by atoms with Gasteiger partial charge in [0.05, 0.1) is 17.1 Å². The molecule has 5 aromatic rings. The summed E-state index contributed by atoms with van der Waals surface area (Å²) in [6.07, 6.45) is 1.80. The summed E-state index contributed by atoms with van der Waals surface area (Å²) in [6.45, 7) is 2.01. The molecule has 1 heterocycles. The zero-order valence-corrected chi connectivity index (χ0v) is 13.9. The summed E-state index contributed by atoms with van der Waals surface area (Å²) in [6, 6.07) is 25.4. The quantitative estimate of drug-likeness (QED) is 0.284. The Hall–Kier alpha value is -3.26. The van der Waals surface area contributed by atoms with Crippen LogP contribution in [0.15, 0.2) is 84.0 Å². The van der Waals surface area contributed by atoms with Crippen molar-refractivity contribution < 1.29 is 0 Å². The topological polar surface area (TPSA) is 25.2 Å². The van der Waals surface area contributed by atoms with Crippen LogP contribution in [0.3, 0.4) is 0 Å². The molecule has 2 nitrogen and oxygen atoms in total. The van der Waals surface area contributed by atoms with E-state index in [9.17, 15) is 0 Å². The number of aromatic nitrogens is 1. The molecule has 118 valence electrons. The fourth-order valence-corrected chi connectivity index (χ4v) is 3.63. The van der Waals surface area contributed by atoms with E-state index in [2.05, 4.69) is 59.6 Å². The highest BCUT2D eigenvalue weighted by Gasteiger charge is 2.10. The smallest absolute Gasteiger partial charge is 0.0841 e. The largest absolute Gasteiger partial charge is 0.255 e. The Balaban J connectivity index is 1.82. The highest BCUT2D eigenvalue weighted by Crippen LogP contribution is 2.38. The van der Waals surface area contributed by atoms with Crippen molar-refractivity contribution in [2.24, 2.45) is 4.99 Å². The predicted octanol–water partition coefficient (Wildman–Crippen LogP) is 6.12. The summed E-state index contributed by atoms with van der Waals surface area (Å²) in [7, 11) is 0. The van der Waals surface area contributed by atoms with Gasteiger partial charge in [0.15, 0.2) is 0 Å². The molecule has 0 radical (unpaired) electrons. The van der Waals surface area contributed by atoms with Crippen molar-refractivity contribution in [3.05, 3.63) is 84.7 Å². The van der Waals surface area contributed by atoms with Crippen LogP contribution < -0.4 is 0 Å². The predicted molar refractivity (Wildman–Crippen MR) is 106 cm³/mol. The first-order chi connectivity index (χ1) is 12.3. The second-order valence-electron chi connectivity index (χ2n) is 6.35. The van der Waals surface area contributed by atoms with E-state index < -0.39 is 0 Å². The standard InChI is InChI=1S/C23H16N2/c1-15(20-7-2-3-14-24-20)25-21-13-11-18-9-8-16-5-4-6-17-10-12-19(21)23(18)22(16)17/h2-14H,1H3. The van der Waals surface area contributed by atoms with E-state index in [1.54, 1.807) is 6.20 Å². The van der Waals surface area contributed by atoms with Crippen molar-refractivity contribution in [2.75, 3.05) is 0 Å². The molecule has 0 saturated heterocycles. The van der Waals surface area contributed by atoms with Gasteiger partial charge in [-0.1, -0.05) is 54.6 Å². The summed E-state index contributed by atoms with van der Waals surface area (Å²) in [5.41, 5.74) is 2.83. The molecule has 0 unspecified atom stereocenters. The summed E-state index contributed by atoms with van der Waals surface area (Å²) in [5.74, 6) is 0. The molecule has 0 spiro atoms. The molecule has 0 aliphatic rings. The minimum atomic E-state index is 0.910. The highest BCUT2D eigenvalue weighted by atomic mass is 14.8. The van der Waals surface area contributed by atoms with Gasteiger partial charge in [-0.25, -0.2) is 0 Å². The summed E-state index contributed by atoms with van der Waals surface area (Å²) in [4.78, 5) is 9.29. The number of rotatable bonds is 2. The Morgan fingerprint density at radius 3 is 2.20 bits per heavy atom. The maximum absolute atomic E-state index is 4.89. The normalized spacial score (nSPS) is 12.4. The number of hydrogen-bond acceptors (Lipinski definition) is 2. The Morgan fingerprint density at radius 2 is 1.44 bits per heavy atom. The van der Waals surface area contributed by atoms with Crippen LogP contribution in [0.5, 0.6) is 0 Å². The van der Waals surface area contributed by atoms with E-state index in [-0.39, 0.29) is 0 Å². The molecule has 1 aromatic heterocycles. The molecule has 4 aromatic carbocycles. The van der Waals surface area contributed by atoms with Crippen LogP contribution in [0.2, 0.25) is 0 Å². The van der Waals surface area contributed by atoms with Crippen molar-refractivity contribution >= 4 is 43.7 Å². The molecule has 0 atom stereocenters. The summed E-state index contributed by atoms with van der Waals surface area (Å²) >= 11 is 0. The zero-order chi connectivity index (χ0) is 16.8. The second-order valence-corrected chi connectivity index (χ2v) is 6.35. The number of hydrogen-bond donors (Lipinski definition) is 0. The molecular weight excluding hydrogens is 304 g/mol. The van der Waals surface area contributed by atoms with E-state index in [0.29, 0.717) is 0 Å². The van der Waals surface area contributed by atoms with Gasteiger partial charge in [0.25, 0.3) is 0 Å². The third kappa shape index (κ3) is 2.18. The van der Waals surface area contributed by atoms with Gasteiger partial charge in [0, 0.05) is 11.6 Å². The van der Waals surface area contributed by atoms with Gasteiger partial charge in [-0.2, -0.15) is 0 Å². The van der Waals surface area contributed by atoms with Gasteiger partial charge in [-0.3, -0.25) is 9.98 Å². The first-order valence-corrected chi connectivity index (χ1v) is 8.44. The Labute approximate surface area is 145 Å². The van der Waals surface area contributed by atoms with E-state index in [1.165, 1.54) is 32.3 Å². The van der Waals surface area contributed by atoms with Crippen molar-refractivity contribution in [1.29, 1.82) is 0 Å². The molecule has 0 fully saturated rings. The average molecular weight is 320 g/mol. The number of nitrogens with zero attached hydrogens (tertiary/aromatic N) is 2. The Kier molecular flexibility index (Phi) is 3.04. The second kappa shape index (κ2) is 5.38. The van der Waals surface area contributed by atoms with Crippen LogP contribution in [0, 0.1) is 0 Å². The van der Waals surface area contributed by atoms with Gasteiger partial charge >= 0.3 is 0 Å². The van der Waals surface area contributed by atoms with Gasteiger partial charge in [0.2, 0.25) is 0 Å². The lowest BCUT2D eigenvalue weighted by atomic mass is 9.93. The molecule has 0 saturated carbocycles. The monoisotopic (exact) mass is 320 g/mol. The molecule has 0 amide bonds. The van der Waals surface area contributed by atoms with Crippen molar-refractivity contribution in [2.45, 2.75) is 6.92 Å². The number of benzene rings is 4. The van der Waals surface area contributed by atoms with Crippen molar-refractivity contribution in [3.8, 4) is 0 Å². The van der Waals surface area contributed by atoms with Gasteiger partial charge in [0.1, 0.15) is 0 Å². The molecule has 5 rings (SSSR count). The maximum Gasteiger partial charge on any atom is 0.0841 e. The minimum absolute atomic E-state index is 0.910. The van der Waals surface area contributed by atoms with Gasteiger partial charge < -0.3 is 0 Å². The van der Waals surface area contributed by atoms with Crippen molar-refractivity contribution in [1.82, 2.24) is 4.98 Å². The van der Waals surface area contributed by atoms with E-state index in [4.69, 9.17) is 4.99 Å². The fourth-order valence-electron chi connectivity index (χ4n) is 3.63. The molecule has 0 bridgehead atoms. The average Bonchev–Trinajstić information content (AvgIpc) is 2.68. The molecule has 0 aliphatic heterocycles. The third-order valence-electron chi connectivity index (χ3n) is 4.83. The first kappa shape index (κ1) is 14.1. The highest BCUT2D eigenvalue weighted by molar-refractivity contribution is 6.25. The third-order valence-corrected chi connectivity index (χ3v) is 4.83. The van der Waals surface area contributed by atoms with Crippen LogP contribution in [0.4, 0.5) is 5.69 Å². The Morgan fingerprint density at radius 1 is 0.720 bits per heavy atom. The lowest BCUT2D eigenvalue weighted by Gasteiger charge is -2.12. The van der Waals surface area contributed by atoms with E-state index in [0.717, 1.165) is 17.1 Å². The van der Waals surface area contributed by atoms with E-state index >= 15 is 0 Å². The Bertz CT molecular complexity index is 1220. The fraction of sp³-hybridized carbons (Fsp3) is 0.0435. The summed E-state index contributed by atoms with van der Waals surface area (Å²) in [5, 5.41) is 7.62. The zero-order valence-electron chi connectivity index (χ0n) is 13.9. The van der Waals surface area contributed by atoms with E-state index in [1.807, 2.05) is 25.1 Å². The van der Waals surface area contributed by atoms with Crippen LogP contribution >= 0.6 is 0 Å². The molecule has 0 aliphatic carbocycles. The van der Waals surface area contributed by atoms with Crippen LogP contribution in [-0.4, -0.2) is 10.7 Å². The van der Waals surface area contributed by atoms with Crippen LogP contribution in [0.1, 0.15) is 12.6 Å². The molecule has 2 heteroatoms.